The molecule has 4 nitrogen and oxygen atoms in total. The van der Waals surface area contributed by atoms with Gasteiger partial charge in [-0.1, -0.05) is 24.3 Å². The number of aliphatic hydroxyl groups excluding tert-OH is 1. The Morgan fingerprint density at radius 2 is 1.87 bits per heavy atom. The lowest BCUT2D eigenvalue weighted by Crippen LogP contribution is -2.23. The summed E-state index contributed by atoms with van der Waals surface area (Å²) < 4.78 is 0. The van der Waals surface area contributed by atoms with Crippen molar-refractivity contribution in [1.82, 2.24) is 5.32 Å². The lowest BCUT2D eigenvalue weighted by Gasteiger charge is -2.04. The van der Waals surface area contributed by atoms with Crippen LogP contribution in [0.4, 0.5) is 0 Å². The first-order valence-electron chi connectivity index (χ1n) is 4.91. The van der Waals surface area contributed by atoms with E-state index in [1.54, 1.807) is 0 Å². The number of aliphatic hydroxyl groups is 1. The van der Waals surface area contributed by atoms with Crippen LogP contribution in [0.15, 0.2) is 24.3 Å². The third-order valence-corrected chi connectivity index (χ3v) is 2.09. The smallest absolute Gasteiger partial charge is 0.222 e. The minimum Gasteiger partial charge on any atom is -0.396 e. The van der Waals surface area contributed by atoms with Crippen LogP contribution in [0.1, 0.15) is 17.5 Å². The summed E-state index contributed by atoms with van der Waals surface area (Å²) in [6, 6.07) is 7.74. The van der Waals surface area contributed by atoms with E-state index in [0.717, 1.165) is 11.1 Å². The number of rotatable bonds is 5. The van der Waals surface area contributed by atoms with Crippen molar-refractivity contribution in [2.75, 3.05) is 6.61 Å². The summed E-state index contributed by atoms with van der Waals surface area (Å²) in [5.74, 6) is -0.139. The molecule has 15 heavy (non-hydrogen) atoms. The molecule has 1 amide bonds. The minimum absolute atomic E-state index is 0.113. The van der Waals surface area contributed by atoms with E-state index < -0.39 is 0 Å². The molecule has 0 radical (unpaired) electrons. The molecule has 1 rings (SSSR count). The molecule has 0 saturated heterocycles. The number of amides is 1. The summed E-state index contributed by atoms with van der Waals surface area (Å²) in [5.41, 5.74) is 7.56. The van der Waals surface area contributed by atoms with Gasteiger partial charge in [-0.2, -0.15) is 0 Å². The first-order valence-corrected chi connectivity index (χ1v) is 4.91. The molecule has 1 aromatic rings. The molecule has 0 aliphatic heterocycles. The molecule has 0 fully saturated rings. The summed E-state index contributed by atoms with van der Waals surface area (Å²) in [6.07, 6.45) is 0.154. The van der Waals surface area contributed by atoms with Gasteiger partial charge in [-0.05, 0) is 11.1 Å². The first kappa shape index (κ1) is 11.7. The zero-order valence-electron chi connectivity index (χ0n) is 8.57. The third-order valence-electron chi connectivity index (χ3n) is 2.09. The van der Waals surface area contributed by atoms with E-state index in [0.29, 0.717) is 13.1 Å². The van der Waals surface area contributed by atoms with Gasteiger partial charge in [0.25, 0.3) is 0 Å². The fourth-order valence-corrected chi connectivity index (χ4v) is 1.18. The molecule has 0 aliphatic rings. The molecule has 0 bridgehead atoms. The van der Waals surface area contributed by atoms with Gasteiger partial charge in [0.05, 0.1) is 6.61 Å². The Balaban J connectivity index is 2.40. The SMILES string of the molecule is NCc1ccc(CNC(=O)CCO)cc1. The van der Waals surface area contributed by atoms with Crippen molar-refractivity contribution in [2.45, 2.75) is 19.5 Å². The third kappa shape index (κ3) is 4.10. The molecule has 82 valence electrons. The van der Waals surface area contributed by atoms with Gasteiger partial charge < -0.3 is 16.2 Å². The van der Waals surface area contributed by atoms with Gasteiger partial charge in [-0.25, -0.2) is 0 Å². The van der Waals surface area contributed by atoms with Crippen molar-refractivity contribution < 1.29 is 9.90 Å². The zero-order chi connectivity index (χ0) is 11.1. The standard InChI is InChI=1S/C11H16N2O2/c12-7-9-1-3-10(4-2-9)8-13-11(15)5-6-14/h1-4,14H,5-8,12H2,(H,13,15). The molecular weight excluding hydrogens is 192 g/mol. The van der Waals surface area contributed by atoms with Gasteiger partial charge in [0.15, 0.2) is 0 Å². The summed E-state index contributed by atoms with van der Waals surface area (Å²) in [4.78, 5) is 11.0. The summed E-state index contributed by atoms with van der Waals surface area (Å²) in [7, 11) is 0. The molecular formula is C11H16N2O2. The molecule has 0 saturated carbocycles. The maximum absolute atomic E-state index is 11.0. The molecule has 0 aromatic heterocycles. The van der Waals surface area contributed by atoms with Crippen molar-refractivity contribution in [2.24, 2.45) is 5.73 Å². The minimum atomic E-state index is -0.139. The van der Waals surface area contributed by atoms with Gasteiger partial charge in [-0.3, -0.25) is 4.79 Å². The number of hydrogen-bond donors (Lipinski definition) is 3. The van der Waals surface area contributed by atoms with E-state index in [2.05, 4.69) is 5.32 Å². The van der Waals surface area contributed by atoms with Crippen LogP contribution in [-0.2, 0) is 17.9 Å². The van der Waals surface area contributed by atoms with Crippen LogP contribution in [0.5, 0.6) is 0 Å². The van der Waals surface area contributed by atoms with Crippen LogP contribution in [0.25, 0.3) is 0 Å². The van der Waals surface area contributed by atoms with E-state index in [4.69, 9.17) is 10.8 Å². The highest BCUT2D eigenvalue weighted by molar-refractivity contribution is 5.75. The van der Waals surface area contributed by atoms with Gasteiger partial charge >= 0.3 is 0 Å². The van der Waals surface area contributed by atoms with Crippen molar-refractivity contribution in [3.63, 3.8) is 0 Å². The van der Waals surface area contributed by atoms with E-state index >= 15 is 0 Å². The van der Waals surface area contributed by atoms with Crippen LogP contribution in [0.3, 0.4) is 0 Å². The van der Waals surface area contributed by atoms with Gasteiger partial charge in [0, 0.05) is 19.5 Å². The fraction of sp³-hybridized carbons (Fsp3) is 0.364. The number of nitrogens with two attached hydrogens (primary N) is 1. The largest absolute Gasteiger partial charge is 0.396 e. The number of carbonyl (C=O) groups is 1. The topological polar surface area (TPSA) is 75.3 Å². The molecule has 4 N–H and O–H groups in total. The second kappa shape index (κ2) is 6.16. The lowest BCUT2D eigenvalue weighted by molar-refractivity contribution is -0.121. The Bertz CT molecular complexity index is 309. The first-order chi connectivity index (χ1) is 7.26. The van der Waals surface area contributed by atoms with Crippen molar-refractivity contribution in [1.29, 1.82) is 0 Å². The highest BCUT2D eigenvalue weighted by atomic mass is 16.3. The van der Waals surface area contributed by atoms with Crippen molar-refractivity contribution in [3.05, 3.63) is 35.4 Å². The number of nitrogens with one attached hydrogen (secondary N) is 1. The van der Waals surface area contributed by atoms with E-state index in [9.17, 15) is 4.79 Å². The maximum Gasteiger partial charge on any atom is 0.222 e. The summed E-state index contributed by atoms with van der Waals surface area (Å²) in [6.45, 7) is 0.902. The van der Waals surface area contributed by atoms with Crippen molar-refractivity contribution >= 4 is 5.91 Å². The highest BCUT2D eigenvalue weighted by Crippen LogP contribution is 2.03. The second-order valence-corrected chi connectivity index (χ2v) is 3.27. The van der Waals surface area contributed by atoms with Crippen molar-refractivity contribution in [3.8, 4) is 0 Å². The number of hydrogen-bond acceptors (Lipinski definition) is 3. The van der Waals surface area contributed by atoms with Crippen LogP contribution in [0.2, 0.25) is 0 Å². The Morgan fingerprint density at radius 1 is 1.27 bits per heavy atom. The van der Waals surface area contributed by atoms with E-state index in [1.165, 1.54) is 0 Å². The average Bonchev–Trinajstić information content (AvgIpc) is 2.27. The maximum atomic E-state index is 11.0. The normalized spacial score (nSPS) is 10.0. The highest BCUT2D eigenvalue weighted by Gasteiger charge is 1.99. The Hall–Kier alpha value is -1.39. The Kier molecular flexibility index (Phi) is 4.80. The second-order valence-electron chi connectivity index (χ2n) is 3.27. The van der Waals surface area contributed by atoms with Crippen LogP contribution in [0, 0.1) is 0 Å². The molecule has 1 aromatic carbocycles. The Morgan fingerprint density at radius 3 is 2.40 bits per heavy atom. The zero-order valence-corrected chi connectivity index (χ0v) is 8.57. The Labute approximate surface area is 89.1 Å². The van der Waals surface area contributed by atoms with Gasteiger partial charge in [-0.15, -0.1) is 0 Å². The molecule has 0 unspecified atom stereocenters. The lowest BCUT2D eigenvalue weighted by atomic mass is 10.1. The predicted octanol–water partition coefficient (Wildman–Crippen LogP) is 0.144. The average molecular weight is 208 g/mol. The molecule has 0 heterocycles. The van der Waals surface area contributed by atoms with Crippen LogP contribution >= 0.6 is 0 Å². The quantitative estimate of drug-likeness (QED) is 0.644. The number of carbonyl (C=O) groups excluding carboxylic acids is 1. The fourth-order valence-electron chi connectivity index (χ4n) is 1.18. The van der Waals surface area contributed by atoms with E-state index in [-0.39, 0.29) is 18.9 Å². The van der Waals surface area contributed by atoms with Crippen LogP contribution < -0.4 is 11.1 Å². The molecule has 4 heteroatoms. The molecule has 0 atom stereocenters. The van der Waals surface area contributed by atoms with Gasteiger partial charge in [0.1, 0.15) is 0 Å². The summed E-state index contributed by atoms with van der Waals surface area (Å²) >= 11 is 0. The monoisotopic (exact) mass is 208 g/mol. The molecule has 0 aliphatic carbocycles. The van der Waals surface area contributed by atoms with Crippen LogP contribution in [-0.4, -0.2) is 17.6 Å². The molecule has 0 spiro atoms. The summed E-state index contributed by atoms with van der Waals surface area (Å²) in [5, 5.41) is 11.2. The van der Waals surface area contributed by atoms with E-state index in [1.807, 2.05) is 24.3 Å². The predicted molar refractivity (Wildman–Crippen MR) is 57.9 cm³/mol. The van der Waals surface area contributed by atoms with Gasteiger partial charge in [0.2, 0.25) is 5.91 Å². The number of benzene rings is 1.